The molecule has 5 rings (SSSR count). The number of fused-ring (bicyclic) bond motifs is 1. The van der Waals surface area contributed by atoms with E-state index >= 15 is 0 Å². The van der Waals surface area contributed by atoms with Gasteiger partial charge in [0, 0.05) is 22.0 Å². The first kappa shape index (κ1) is 20.3. The number of rotatable bonds is 4. The number of aromatic amines is 2. The second-order valence-electron chi connectivity index (χ2n) is 7.57. The summed E-state index contributed by atoms with van der Waals surface area (Å²) in [5, 5.41) is 22.2. The number of nitrogens with zero attached hydrogens (tertiary/aromatic N) is 4. The summed E-state index contributed by atoms with van der Waals surface area (Å²) in [5.74, 6) is 0.330. The molecule has 1 aromatic carbocycles. The number of nitrogens with one attached hydrogen (secondary N) is 4. The zero-order valence-corrected chi connectivity index (χ0v) is 17.7. The van der Waals surface area contributed by atoms with Gasteiger partial charge >= 0.3 is 5.69 Å². The number of anilines is 2. The number of halogens is 1. The van der Waals surface area contributed by atoms with Gasteiger partial charge in [-0.05, 0) is 50.2 Å². The number of imidazole rings is 1. The molecule has 4 aromatic rings. The fourth-order valence-corrected chi connectivity index (χ4v) is 3.90. The molecule has 0 saturated carbocycles. The second-order valence-corrected chi connectivity index (χ2v) is 8.00. The second kappa shape index (κ2) is 8.48. The highest BCUT2D eigenvalue weighted by molar-refractivity contribution is 6.30. The predicted octanol–water partition coefficient (Wildman–Crippen LogP) is 1.05. The molecule has 1 aliphatic heterocycles. The molecular weight excluding hydrogens is 432 g/mol. The molecule has 1 saturated heterocycles. The molecule has 164 valence electrons. The number of H-pyrrole nitrogens is 2. The summed E-state index contributed by atoms with van der Waals surface area (Å²) < 4.78 is 1.67. The van der Waals surface area contributed by atoms with Crippen LogP contribution in [0.4, 0.5) is 11.5 Å². The highest BCUT2D eigenvalue weighted by Gasteiger charge is 2.13. The van der Waals surface area contributed by atoms with Crippen molar-refractivity contribution in [2.45, 2.75) is 18.9 Å². The minimum atomic E-state index is -0.497. The third-order valence-electron chi connectivity index (χ3n) is 5.24. The molecule has 5 N–H and O–H groups in total. The lowest BCUT2D eigenvalue weighted by Crippen LogP contribution is -2.32. The van der Waals surface area contributed by atoms with Crippen LogP contribution in [0.1, 0.15) is 18.5 Å². The van der Waals surface area contributed by atoms with Gasteiger partial charge in [-0.3, -0.25) is 9.98 Å². The smallest absolute Gasteiger partial charge is 0.326 e. The van der Waals surface area contributed by atoms with Gasteiger partial charge in [-0.15, -0.1) is 0 Å². The molecule has 0 atom stereocenters. The van der Waals surface area contributed by atoms with Gasteiger partial charge in [-0.1, -0.05) is 17.7 Å². The van der Waals surface area contributed by atoms with Gasteiger partial charge in [0.15, 0.2) is 11.1 Å². The van der Waals surface area contributed by atoms with Crippen LogP contribution in [0.25, 0.3) is 11.7 Å². The molecule has 0 amide bonds. The predicted molar refractivity (Wildman–Crippen MR) is 121 cm³/mol. The van der Waals surface area contributed by atoms with Crippen molar-refractivity contribution in [1.82, 2.24) is 29.9 Å². The third kappa shape index (κ3) is 4.23. The first-order valence-electron chi connectivity index (χ1n) is 10.2. The van der Waals surface area contributed by atoms with E-state index in [9.17, 15) is 9.90 Å². The van der Waals surface area contributed by atoms with E-state index < -0.39 is 5.69 Å². The summed E-state index contributed by atoms with van der Waals surface area (Å²) in [7, 11) is 0. The van der Waals surface area contributed by atoms with E-state index in [1.165, 1.54) is 0 Å². The summed E-state index contributed by atoms with van der Waals surface area (Å²) in [5.41, 5.74) is 1.74. The number of aromatic hydroxyl groups is 1. The summed E-state index contributed by atoms with van der Waals surface area (Å²) in [6.45, 7) is 1.85. The Morgan fingerprint density at radius 3 is 2.84 bits per heavy atom. The molecule has 0 bridgehead atoms. The highest BCUT2D eigenvalue weighted by Crippen LogP contribution is 2.18. The Morgan fingerprint density at radius 2 is 2.09 bits per heavy atom. The van der Waals surface area contributed by atoms with Crippen molar-refractivity contribution in [3.63, 3.8) is 0 Å². The molecule has 11 heteroatoms. The van der Waals surface area contributed by atoms with E-state index in [4.69, 9.17) is 21.6 Å². The van der Waals surface area contributed by atoms with Crippen LogP contribution in [0.2, 0.25) is 5.02 Å². The van der Waals surface area contributed by atoms with E-state index in [0.717, 1.165) is 31.6 Å². The Balaban J connectivity index is 1.67. The maximum absolute atomic E-state index is 11.5. The Hall–Kier alpha value is -3.63. The molecule has 1 fully saturated rings. The van der Waals surface area contributed by atoms with E-state index in [2.05, 4.69) is 25.7 Å². The van der Waals surface area contributed by atoms with Gasteiger partial charge in [-0.25, -0.2) is 9.78 Å². The zero-order chi connectivity index (χ0) is 22.1. The summed E-state index contributed by atoms with van der Waals surface area (Å²) in [6.07, 6.45) is 5.12. The monoisotopic (exact) mass is 452 g/mol. The summed E-state index contributed by atoms with van der Waals surface area (Å²) in [6, 6.07) is 9.39. The average molecular weight is 453 g/mol. The molecule has 0 unspecified atom stereocenters. The minimum Gasteiger partial charge on any atom is -0.493 e. The van der Waals surface area contributed by atoms with Crippen molar-refractivity contribution in [2.75, 3.05) is 18.4 Å². The van der Waals surface area contributed by atoms with Gasteiger partial charge < -0.3 is 20.7 Å². The molecule has 4 heterocycles. The molecule has 0 spiro atoms. The maximum Gasteiger partial charge on any atom is 0.326 e. The number of aromatic nitrogens is 5. The largest absolute Gasteiger partial charge is 0.493 e. The molecule has 10 nitrogen and oxygen atoms in total. The normalized spacial score (nSPS) is 16.2. The SMILES string of the molecule is O=c1[nH]c(O)c(/C=c2/cnn3c(=NC4CCNCC4)cc(Nc4cccc(Cl)c4)nc23)[nH]1. The van der Waals surface area contributed by atoms with Crippen molar-refractivity contribution in [2.24, 2.45) is 4.99 Å². The molecular formula is C21H21ClN8O2. The molecule has 3 aromatic heterocycles. The van der Waals surface area contributed by atoms with E-state index in [1.807, 2.05) is 24.3 Å². The van der Waals surface area contributed by atoms with Crippen LogP contribution in [0.15, 0.2) is 46.3 Å². The molecule has 0 aliphatic carbocycles. The van der Waals surface area contributed by atoms with Crippen LogP contribution >= 0.6 is 11.6 Å². The number of hydrogen-bond donors (Lipinski definition) is 5. The number of piperidine rings is 1. The maximum atomic E-state index is 11.5. The van der Waals surface area contributed by atoms with Crippen LogP contribution in [-0.2, 0) is 0 Å². The average Bonchev–Trinajstić information content (AvgIpc) is 3.31. The zero-order valence-electron chi connectivity index (χ0n) is 17.0. The van der Waals surface area contributed by atoms with Crippen molar-refractivity contribution >= 4 is 34.8 Å². The first-order valence-corrected chi connectivity index (χ1v) is 10.6. The lowest BCUT2D eigenvalue weighted by Gasteiger charge is -2.18. The van der Waals surface area contributed by atoms with Crippen molar-refractivity contribution in [3.8, 4) is 5.88 Å². The van der Waals surface area contributed by atoms with Gasteiger partial charge in [0.05, 0.1) is 12.2 Å². The fraction of sp³-hybridized carbons (Fsp3) is 0.238. The van der Waals surface area contributed by atoms with Gasteiger partial charge in [0.2, 0.25) is 5.88 Å². The Morgan fingerprint density at radius 1 is 1.25 bits per heavy atom. The van der Waals surface area contributed by atoms with E-state index in [-0.39, 0.29) is 17.6 Å². The van der Waals surface area contributed by atoms with E-state index in [1.54, 1.807) is 22.9 Å². The first-order chi connectivity index (χ1) is 15.5. The Bertz CT molecular complexity index is 1450. The van der Waals surface area contributed by atoms with Crippen molar-refractivity contribution < 1.29 is 5.11 Å². The van der Waals surface area contributed by atoms with Crippen LogP contribution in [0.3, 0.4) is 0 Å². The Labute approximate surface area is 186 Å². The van der Waals surface area contributed by atoms with Crippen LogP contribution in [0, 0.1) is 0 Å². The number of benzene rings is 1. The van der Waals surface area contributed by atoms with Gasteiger partial charge in [0.25, 0.3) is 0 Å². The van der Waals surface area contributed by atoms with Crippen molar-refractivity contribution in [1.29, 1.82) is 0 Å². The van der Waals surface area contributed by atoms with Gasteiger partial charge in [-0.2, -0.15) is 9.61 Å². The van der Waals surface area contributed by atoms with Crippen LogP contribution in [0.5, 0.6) is 5.88 Å². The lowest BCUT2D eigenvalue weighted by atomic mass is 10.1. The fourth-order valence-electron chi connectivity index (χ4n) is 3.71. The Kier molecular flexibility index (Phi) is 5.38. The molecule has 32 heavy (non-hydrogen) atoms. The summed E-state index contributed by atoms with van der Waals surface area (Å²) >= 11 is 6.12. The van der Waals surface area contributed by atoms with Gasteiger partial charge in [0.1, 0.15) is 11.5 Å². The molecule has 0 radical (unpaired) electrons. The van der Waals surface area contributed by atoms with Crippen LogP contribution < -0.4 is 27.0 Å². The minimum absolute atomic E-state index is 0.183. The highest BCUT2D eigenvalue weighted by atomic mass is 35.5. The van der Waals surface area contributed by atoms with Crippen LogP contribution in [-0.4, -0.2) is 48.8 Å². The quantitative estimate of drug-likeness (QED) is 0.314. The lowest BCUT2D eigenvalue weighted by molar-refractivity contribution is 0.450. The topological polar surface area (TPSA) is 135 Å². The number of hydrogen-bond acceptors (Lipinski definition) is 7. The van der Waals surface area contributed by atoms with Crippen molar-refractivity contribution in [3.05, 3.63) is 68.4 Å². The van der Waals surface area contributed by atoms with E-state index in [0.29, 0.717) is 27.2 Å². The standard InChI is InChI=1S/C21H21ClN8O2/c22-13-2-1-3-15(9-13)25-17-10-18(26-14-4-6-23-7-5-14)30-19(28-17)12(11-24-30)8-16-20(31)29-21(32)27-16/h1-3,8-11,14,23,25,31H,4-7H2,(H2,27,29,32)/b12-8-,26-18?. The molecule has 1 aliphatic rings. The third-order valence-corrected chi connectivity index (χ3v) is 5.47. The summed E-state index contributed by atoms with van der Waals surface area (Å²) in [4.78, 5) is 26.0.